The summed E-state index contributed by atoms with van der Waals surface area (Å²) >= 11 is 0. The fraction of sp³-hybridized carbons (Fsp3) is 0.444. The number of aromatic amines is 1. The molecule has 136 valence electrons. The van der Waals surface area contributed by atoms with E-state index in [1.165, 1.54) is 0 Å². The van der Waals surface area contributed by atoms with Gasteiger partial charge in [0, 0.05) is 44.0 Å². The summed E-state index contributed by atoms with van der Waals surface area (Å²) in [6.07, 6.45) is 4.30. The summed E-state index contributed by atoms with van der Waals surface area (Å²) in [5.74, 6) is 2.61. The highest BCUT2D eigenvalue weighted by Gasteiger charge is 2.24. The molecule has 4 rings (SSSR count). The quantitative estimate of drug-likeness (QED) is 0.752. The molecule has 3 aromatic rings. The maximum atomic E-state index is 5.80. The van der Waals surface area contributed by atoms with Crippen molar-refractivity contribution in [3.63, 3.8) is 0 Å². The molecule has 8 nitrogen and oxygen atoms in total. The highest BCUT2D eigenvalue weighted by molar-refractivity contribution is 5.15. The second-order valence-electron chi connectivity index (χ2n) is 6.73. The zero-order valence-electron chi connectivity index (χ0n) is 15.1. The number of nitrogens with one attached hydrogen (secondary N) is 1. The van der Waals surface area contributed by atoms with Gasteiger partial charge in [0.05, 0.1) is 11.9 Å². The predicted molar refractivity (Wildman–Crippen MR) is 95.5 cm³/mol. The number of ether oxygens (including phenoxy) is 1. The van der Waals surface area contributed by atoms with Gasteiger partial charge >= 0.3 is 0 Å². The SMILES string of the molecule is Cc1cc(CN2CCn3c(COc4cccnc4)nnc3C[C@H]2C)n[nH]1. The lowest BCUT2D eigenvalue weighted by molar-refractivity contribution is 0.199. The van der Waals surface area contributed by atoms with E-state index in [2.05, 4.69) is 47.8 Å². The molecule has 0 radical (unpaired) electrons. The summed E-state index contributed by atoms with van der Waals surface area (Å²) in [5, 5.41) is 16.1. The van der Waals surface area contributed by atoms with Crippen LogP contribution in [0.25, 0.3) is 0 Å². The number of aromatic nitrogens is 6. The van der Waals surface area contributed by atoms with Gasteiger partial charge in [0.1, 0.15) is 18.2 Å². The minimum absolute atomic E-state index is 0.379. The third-order valence-corrected chi connectivity index (χ3v) is 4.74. The molecule has 0 unspecified atom stereocenters. The number of H-pyrrole nitrogens is 1. The molecule has 0 aromatic carbocycles. The summed E-state index contributed by atoms with van der Waals surface area (Å²) in [6.45, 7) is 7.27. The van der Waals surface area contributed by atoms with Crippen molar-refractivity contribution < 1.29 is 4.74 Å². The van der Waals surface area contributed by atoms with E-state index in [1.54, 1.807) is 12.4 Å². The van der Waals surface area contributed by atoms with Crippen molar-refractivity contribution in [3.8, 4) is 5.75 Å². The molecule has 0 amide bonds. The van der Waals surface area contributed by atoms with Crippen molar-refractivity contribution in [2.75, 3.05) is 6.54 Å². The minimum Gasteiger partial charge on any atom is -0.484 e. The lowest BCUT2D eigenvalue weighted by Gasteiger charge is -2.25. The first-order chi connectivity index (χ1) is 12.7. The topological polar surface area (TPSA) is 84.8 Å². The van der Waals surface area contributed by atoms with Gasteiger partial charge in [-0.25, -0.2) is 0 Å². The first-order valence-corrected chi connectivity index (χ1v) is 8.88. The summed E-state index contributed by atoms with van der Waals surface area (Å²) in [7, 11) is 0. The van der Waals surface area contributed by atoms with Gasteiger partial charge in [-0.05, 0) is 32.0 Å². The van der Waals surface area contributed by atoms with Gasteiger partial charge in [-0.3, -0.25) is 15.0 Å². The Morgan fingerprint density at radius 3 is 3.00 bits per heavy atom. The molecule has 3 aromatic heterocycles. The third kappa shape index (κ3) is 3.60. The second-order valence-corrected chi connectivity index (χ2v) is 6.73. The van der Waals surface area contributed by atoms with E-state index in [-0.39, 0.29) is 0 Å². The van der Waals surface area contributed by atoms with Crippen molar-refractivity contribution in [2.24, 2.45) is 0 Å². The average molecular weight is 353 g/mol. The standard InChI is InChI=1S/C18H23N7O/c1-13-8-15(21-20-13)11-24-6-7-25-17(9-14(24)2)22-23-18(25)12-26-16-4-3-5-19-10-16/h3-5,8,10,14H,6-7,9,11-12H2,1-2H3,(H,20,21)/t14-/m1/s1. The highest BCUT2D eigenvalue weighted by atomic mass is 16.5. The fourth-order valence-corrected chi connectivity index (χ4v) is 3.31. The van der Waals surface area contributed by atoms with E-state index in [1.807, 2.05) is 19.1 Å². The monoisotopic (exact) mass is 353 g/mol. The molecule has 1 aliphatic rings. The van der Waals surface area contributed by atoms with Gasteiger partial charge in [-0.1, -0.05) is 0 Å². The number of pyridine rings is 1. The number of nitrogens with zero attached hydrogens (tertiary/aromatic N) is 6. The molecule has 26 heavy (non-hydrogen) atoms. The van der Waals surface area contributed by atoms with E-state index in [0.717, 1.165) is 54.8 Å². The number of rotatable bonds is 5. The molecule has 8 heteroatoms. The first kappa shape index (κ1) is 16.7. The summed E-state index contributed by atoms with van der Waals surface area (Å²) in [5.41, 5.74) is 2.17. The van der Waals surface area contributed by atoms with Crippen molar-refractivity contribution in [1.82, 2.24) is 34.8 Å². The van der Waals surface area contributed by atoms with Gasteiger partial charge in [0.2, 0.25) is 0 Å². The minimum atomic E-state index is 0.379. The number of fused-ring (bicyclic) bond motifs is 1. The van der Waals surface area contributed by atoms with E-state index in [4.69, 9.17) is 4.74 Å². The molecule has 1 atom stereocenters. The van der Waals surface area contributed by atoms with Crippen LogP contribution < -0.4 is 4.74 Å². The molecule has 0 bridgehead atoms. The van der Waals surface area contributed by atoms with Gasteiger partial charge in [-0.2, -0.15) is 5.10 Å². The lowest BCUT2D eigenvalue weighted by atomic mass is 10.2. The van der Waals surface area contributed by atoms with E-state index >= 15 is 0 Å². The Balaban J connectivity index is 1.44. The van der Waals surface area contributed by atoms with Crippen LogP contribution >= 0.6 is 0 Å². The van der Waals surface area contributed by atoms with Gasteiger partial charge < -0.3 is 9.30 Å². The number of hydrogen-bond acceptors (Lipinski definition) is 6. The summed E-state index contributed by atoms with van der Waals surface area (Å²) < 4.78 is 7.98. The molecule has 1 N–H and O–H groups in total. The van der Waals surface area contributed by atoms with Crippen LogP contribution in [0.1, 0.15) is 30.0 Å². The Morgan fingerprint density at radius 2 is 2.23 bits per heavy atom. The second kappa shape index (κ2) is 7.25. The van der Waals surface area contributed by atoms with E-state index in [0.29, 0.717) is 12.6 Å². The van der Waals surface area contributed by atoms with Crippen molar-refractivity contribution in [2.45, 2.75) is 46.0 Å². The Morgan fingerprint density at radius 1 is 1.31 bits per heavy atom. The molecule has 0 saturated carbocycles. The van der Waals surface area contributed by atoms with Crippen LogP contribution in [0.3, 0.4) is 0 Å². The van der Waals surface area contributed by atoms with Gasteiger partial charge in [-0.15, -0.1) is 10.2 Å². The molecule has 0 fully saturated rings. The third-order valence-electron chi connectivity index (χ3n) is 4.74. The molecule has 4 heterocycles. The van der Waals surface area contributed by atoms with Crippen LogP contribution in [-0.4, -0.2) is 47.4 Å². The first-order valence-electron chi connectivity index (χ1n) is 8.88. The van der Waals surface area contributed by atoms with Crippen molar-refractivity contribution in [1.29, 1.82) is 0 Å². The summed E-state index contributed by atoms with van der Waals surface area (Å²) in [4.78, 5) is 6.51. The van der Waals surface area contributed by atoms with Crippen LogP contribution in [0.5, 0.6) is 5.75 Å². The Kier molecular flexibility index (Phi) is 4.66. The Labute approximate surface area is 152 Å². The largest absolute Gasteiger partial charge is 0.484 e. The zero-order valence-corrected chi connectivity index (χ0v) is 15.1. The van der Waals surface area contributed by atoms with E-state index in [9.17, 15) is 0 Å². The normalized spacial score (nSPS) is 17.7. The maximum Gasteiger partial charge on any atom is 0.171 e. The molecule has 0 saturated heterocycles. The molecule has 0 aliphatic carbocycles. The summed E-state index contributed by atoms with van der Waals surface area (Å²) in [6, 6.07) is 6.23. The van der Waals surface area contributed by atoms with Crippen LogP contribution in [-0.2, 0) is 26.1 Å². The Bertz CT molecular complexity index is 858. The maximum absolute atomic E-state index is 5.80. The van der Waals surface area contributed by atoms with Crippen LogP contribution in [0.4, 0.5) is 0 Å². The predicted octanol–water partition coefficient (Wildman–Crippen LogP) is 1.73. The smallest absolute Gasteiger partial charge is 0.171 e. The van der Waals surface area contributed by atoms with Gasteiger partial charge in [0.25, 0.3) is 0 Å². The Hall–Kier alpha value is -2.74. The van der Waals surface area contributed by atoms with E-state index < -0.39 is 0 Å². The van der Waals surface area contributed by atoms with Crippen molar-refractivity contribution in [3.05, 3.63) is 53.6 Å². The molecular formula is C18H23N7O. The number of hydrogen-bond donors (Lipinski definition) is 1. The van der Waals surface area contributed by atoms with Crippen LogP contribution in [0.15, 0.2) is 30.6 Å². The highest BCUT2D eigenvalue weighted by Crippen LogP contribution is 2.18. The number of aryl methyl sites for hydroxylation is 1. The van der Waals surface area contributed by atoms with Crippen LogP contribution in [0, 0.1) is 6.92 Å². The fourth-order valence-electron chi connectivity index (χ4n) is 3.31. The van der Waals surface area contributed by atoms with Crippen LogP contribution in [0.2, 0.25) is 0 Å². The van der Waals surface area contributed by atoms with Crippen molar-refractivity contribution >= 4 is 0 Å². The molecule has 1 aliphatic heterocycles. The lowest BCUT2D eigenvalue weighted by Crippen LogP contribution is -2.34. The molecule has 0 spiro atoms. The average Bonchev–Trinajstić information content (AvgIpc) is 3.19. The molecular weight excluding hydrogens is 330 g/mol. The van der Waals surface area contributed by atoms with Gasteiger partial charge in [0.15, 0.2) is 5.82 Å². The zero-order chi connectivity index (χ0) is 17.9.